The van der Waals surface area contributed by atoms with Crippen LogP contribution in [0.5, 0.6) is 5.75 Å². The van der Waals surface area contributed by atoms with Crippen molar-refractivity contribution in [2.45, 2.75) is 13.0 Å². The van der Waals surface area contributed by atoms with Crippen molar-refractivity contribution in [3.63, 3.8) is 0 Å². The second kappa shape index (κ2) is 3.15. The third kappa shape index (κ3) is 1.98. The molecule has 0 amide bonds. The molecule has 1 saturated heterocycles. The number of rotatable bonds is 3. The molecule has 1 heterocycles. The lowest BCUT2D eigenvalue weighted by atomic mass is 10.2. The van der Waals surface area contributed by atoms with Crippen LogP contribution in [0.3, 0.4) is 0 Å². The Morgan fingerprint density at radius 2 is 2.58 bits per heavy atom. The van der Waals surface area contributed by atoms with Crippen molar-refractivity contribution >= 4 is 0 Å². The fourth-order valence-electron chi connectivity index (χ4n) is 0.982. The zero-order chi connectivity index (χ0) is 8.39. The van der Waals surface area contributed by atoms with Gasteiger partial charge in [0.1, 0.15) is 18.5 Å². The van der Waals surface area contributed by atoms with Crippen LogP contribution in [-0.4, -0.2) is 19.3 Å². The lowest BCUT2D eigenvalue weighted by Gasteiger charge is -2.03. The molecule has 2 heteroatoms. The first-order chi connectivity index (χ1) is 5.84. The van der Waals surface area contributed by atoms with Gasteiger partial charge in [0, 0.05) is 6.07 Å². The molecule has 0 N–H and O–H groups in total. The van der Waals surface area contributed by atoms with Gasteiger partial charge in [0.2, 0.25) is 0 Å². The Bertz CT molecular complexity index is 266. The minimum Gasteiger partial charge on any atom is -0.490 e. The van der Waals surface area contributed by atoms with Crippen LogP contribution in [0.25, 0.3) is 0 Å². The Kier molecular flexibility index (Phi) is 2.00. The van der Waals surface area contributed by atoms with Gasteiger partial charge in [-0.15, -0.1) is 0 Å². The summed E-state index contributed by atoms with van der Waals surface area (Å²) in [6.45, 7) is 3.53. The summed E-state index contributed by atoms with van der Waals surface area (Å²) in [5.41, 5.74) is 1.19. The summed E-state index contributed by atoms with van der Waals surface area (Å²) in [5.74, 6) is 0.811. The van der Waals surface area contributed by atoms with E-state index < -0.39 is 0 Å². The van der Waals surface area contributed by atoms with Gasteiger partial charge in [0.05, 0.1) is 6.61 Å². The lowest BCUT2D eigenvalue weighted by Crippen LogP contribution is -2.03. The van der Waals surface area contributed by atoms with Crippen molar-refractivity contribution in [3.05, 3.63) is 29.8 Å². The van der Waals surface area contributed by atoms with E-state index in [4.69, 9.17) is 9.47 Å². The van der Waals surface area contributed by atoms with E-state index in [9.17, 15) is 0 Å². The Morgan fingerprint density at radius 1 is 1.75 bits per heavy atom. The van der Waals surface area contributed by atoms with Gasteiger partial charge in [-0.2, -0.15) is 0 Å². The summed E-state index contributed by atoms with van der Waals surface area (Å²) in [4.78, 5) is 0. The highest BCUT2D eigenvalue weighted by molar-refractivity contribution is 5.26. The predicted molar refractivity (Wildman–Crippen MR) is 45.3 cm³/mol. The maximum absolute atomic E-state index is 5.43. The second-order valence-electron chi connectivity index (χ2n) is 3.00. The summed E-state index contributed by atoms with van der Waals surface area (Å²) in [5, 5.41) is 0. The van der Waals surface area contributed by atoms with E-state index in [1.165, 1.54) is 5.56 Å². The number of ether oxygens (including phenoxy) is 2. The first-order valence-corrected chi connectivity index (χ1v) is 4.07. The van der Waals surface area contributed by atoms with Crippen LogP contribution in [0.2, 0.25) is 0 Å². The molecule has 2 nitrogen and oxygen atoms in total. The monoisotopic (exact) mass is 163 g/mol. The minimum absolute atomic E-state index is 0.318. The molecule has 0 bridgehead atoms. The molecule has 1 atom stereocenters. The number of hydrogen-bond donors (Lipinski definition) is 0. The second-order valence-corrected chi connectivity index (χ2v) is 3.00. The topological polar surface area (TPSA) is 21.8 Å². The smallest absolute Gasteiger partial charge is 0.127 e. The van der Waals surface area contributed by atoms with Crippen LogP contribution < -0.4 is 4.74 Å². The van der Waals surface area contributed by atoms with Gasteiger partial charge < -0.3 is 9.47 Å². The minimum atomic E-state index is 0.318. The standard InChI is InChI=1S/C10H11O2/c1-8-3-2-4-9(5-8)11-6-10-7-12-10/h2-3,5,10H,6-7H2,1H3. The fourth-order valence-corrected chi connectivity index (χ4v) is 0.982. The Labute approximate surface area is 72.1 Å². The van der Waals surface area contributed by atoms with Gasteiger partial charge in [-0.1, -0.05) is 12.1 Å². The first-order valence-electron chi connectivity index (χ1n) is 4.07. The molecule has 0 aromatic heterocycles. The summed E-state index contributed by atoms with van der Waals surface area (Å²) in [6.07, 6.45) is 0.318. The molecule has 1 aliphatic rings. The summed E-state index contributed by atoms with van der Waals surface area (Å²) in [6, 6.07) is 8.86. The first kappa shape index (κ1) is 7.62. The SMILES string of the molecule is Cc1cc[c]c(OCC2CO2)c1. The van der Waals surface area contributed by atoms with Gasteiger partial charge in [0.25, 0.3) is 0 Å². The maximum atomic E-state index is 5.43. The quantitative estimate of drug-likeness (QED) is 0.631. The van der Waals surface area contributed by atoms with E-state index in [0.29, 0.717) is 12.7 Å². The van der Waals surface area contributed by atoms with Crippen LogP contribution in [0, 0.1) is 13.0 Å². The van der Waals surface area contributed by atoms with E-state index in [2.05, 4.69) is 6.07 Å². The summed E-state index contributed by atoms with van der Waals surface area (Å²) < 4.78 is 10.5. The molecule has 63 valence electrons. The molecule has 0 spiro atoms. The van der Waals surface area contributed by atoms with Crippen molar-refractivity contribution in [1.29, 1.82) is 0 Å². The van der Waals surface area contributed by atoms with Gasteiger partial charge in [-0.05, 0) is 18.6 Å². The molecule has 1 unspecified atom stereocenters. The number of epoxide rings is 1. The van der Waals surface area contributed by atoms with Crippen molar-refractivity contribution in [2.24, 2.45) is 0 Å². The van der Waals surface area contributed by atoms with E-state index in [1.807, 2.05) is 25.1 Å². The predicted octanol–water partition coefficient (Wildman–Crippen LogP) is 1.57. The maximum Gasteiger partial charge on any atom is 0.127 e. The highest BCUT2D eigenvalue weighted by Crippen LogP contribution is 2.15. The van der Waals surface area contributed by atoms with Crippen LogP contribution in [0.4, 0.5) is 0 Å². The lowest BCUT2D eigenvalue weighted by molar-refractivity contribution is 0.262. The third-order valence-electron chi connectivity index (χ3n) is 1.76. The van der Waals surface area contributed by atoms with Crippen molar-refractivity contribution in [1.82, 2.24) is 0 Å². The average molecular weight is 163 g/mol. The van der Waals surface area contributed by atoms with Crippen LogP contribution >= 0.6 is 0 Å². The molecule has 0 saturated carbocycles. The van der Waals surface area contributed by atoms with E-state index >= 15 is 0 Å². The average Bonchev–Trinajstić information content (AvgIpc) is 2.84. The van der Waals surface area contributed by atoms with Gasteiger partial charge in [-0.3, -0.25) is 0 Å². The van der Waals surface area contributed by atoms with Gasteiger partial charge in [-0.25, -0.2) is 0 Å². The Morgan fingerprint density at radius 3 is 3.25 bits per heavy atom. The van der Waals surface area contributed by atoms with Crippen LogP contribution in [0.1, 0.15) is 5.56 Å². The van der Waals surface area contributed by atoms with Crippen molar-refractivity contribution in [2.75, 3.05) is 13.2 Å². The van der Waals surface area contributed by atoms with Crippen LogP contribution in [0.15, 0.2) is 18.2 Å². The van der Waals surface area contributed by atoms with E-state index in [-0.39, 0.29) is 0 Å². The molecule has 1 aromatic rings. The number of hydrogen-bond acceptors (Lipinski definition) is 2. The zero-order valence-electron chi connectivity index (χ0n) is 7.04. The van der Waals surface area contributed by atoms with Crippen LogP contribution in [-0.2, 0) is 4.74 Å². The fraction of sp³-hybridized carbons (Fsp3) is 0.400. The number of aryl methyl sites for hydroxylation is 1. The molecule has 2 rings (SSSR count). The highest BCUT2D eigenvalue weighted by atomic mass is 16.6. The Hall–Kier alpha value is -1.02. The molecule has 0 aliphatic carbocycles. The van der Waals surface area contributed by atoms with E-state index in [0.717, 1.165) is 12.4 Å². The highest BCUT2D eigenvalue weighted by Gasteiger charge is 2.22. The Balaban J connectivity index is 1.92. The molecule has 1 aromatic carbocycles. The van der Waals surface area contributed by atoms with E-state index in [1.54, 1.807) is 0 Å². The molecular weight excluding hydrogens is 152 g/mol. The number of benzene rings is 1. The molecule has 1 aliphatic heterocycles. The van der Waals surface area contributed by atoms with Gasteiger partial charge >= 0.3 is 0 Å². The molecule has 12 heavy (non-hydrogen) atoms. The zero-order valence-corrected chi connectivity index (χ0v) is 7.04. The largest absolute Gasteiger partial charge is 0.490 e. The molecular formula is C10H11O2. The summed E-state index contributed by atoms with van der Waals surface area (Å²) in [7, 11) is 0. The molecule has 1 radical (unpaired) electrons. The molecule has 1 fully saturated rings. The van der Waals surface area contributed by atoms with Crippen molar-refractivity contribution in [3.8, 4) is 5.75 Å². The van der Waals surface area contributed by atoms with Crippen molar-refractivity contribution < 1.29 is 9.47 Å². The normalized spacial score (nSPS) is 20.6. The van der Waals surface area contributed by atoms with Gasteiger partial charge in [0.15, 0.2) is 0 Å². The summed E-state index contributed by atoms with van der Waals surface area (Å²) >= 11 is 0. The third-order valence-corrected chi connectivity index (χ3v) is 1.76.